The molecule has 0 aliphatic carbocycles. The van der Waals surface area contributed by atoms with Gasteiger partial charge in [-0.25, -0.2) is 20.0 Å². The Hall–Kier alpha value is -0.240. The van der Waals surface area contributed by atoms with E-state index in [1.165, 1.54) is 0 Å². The van der Waals surface area contributed by atoms with E-state index < -0.39 is 11.3 Å². The maximum atomic E-state index is 11.0. The van der Waals surface area contributed by atoms with Gasteiger partial charge in [0.25, 0.3) is 0 Å². The van der Waals surface area contributed by atoms with Gasteiger partial charge in [-0.3, -0.25) is 0 Å². The number of hydrazine groups is 2. The Morgan fingerprint density at radius 1 is 0.900 bits per heavy atom. The fourth-order valence-corrected chi connectivity index (χ4v) is 4.53. The number of hydrogen-bond donors (Lipinski definition) is 1. The van der Waals surface area contributed by atoms with Gasteiger partial charge in [0.2, 0.25) is 0 Å². The highest BCUT2D eigenvalue weighted by Gasteiger charge is 2.74. The van der Waals surface area contributed by atoms with E-state index in [-0.39, 0.29) is 11.1 Å². The first-order valence-electron chi connectivity index (χ1n) is 7.31. The summed E-state index contributed by atoms with van der Waals surface area (Å²) in [6, 6.07) is 0. The summed E-state index contributed by atoms with van der Waals surface area (Å²) in [5.74, 6) is 0. The molecule has 116 valence electrons. The van der Waals surface area contributed by atoms with E-state index in [0.29, 0.717) is 6.54 Å². The summed E-state index contributed by atoms with van der Waals surface area (Å²) in [5.41, 5.74) is -1.95. The van der Waals surface area contributed by atoms with E-state index in [1.54, 1.807) is 0 Å². The molecule has 1 N–H and O–H groups in total. The summed E-state index contributed by atoms with van der Waals surface area (Å²) in [4.78, 5) is 0. The molecule has 3 rings (SSSR count). The SMILES string of the molecule is CN1CC2(C)OC3(CC2(C)N1C)N(C)N(C)CC3(C)O. The van der Waals surface area contributed by atoms with E-state index in [2.05, 4.69) is 48.0 Å². The van der Waals surface area contributed by atoms with E-state index in [1.807, 2.05) is 21.0 Å². The lowest BCUT2D eigenvalue weighted by molar-refractivity contribution is -0.244. The summed E-state index contributed by atoms with van der Waals surface area (Å²) in [7, 11) is 8.22. The second-order valence-electron chi connectivity index (χ2n) is 7.52. The van der Waals surface area contributed by atoms with Crippen LogP contribution in [0.25, 0.3) is 0 Å². The Kier molecular flexibility index (Phi) is 2.75. The molecule has 0 bridgehead atoms. The summed E-state index contributed by atoms with van der Waals surface area (Å²) in [5, 5.41) is 19.6. The predicted molar refractivity (Wildman–Crippen MR) is 76.7 cm³/mol. The summed E-state index contributed by atoms with van der Waals surface area (Å²) < 4.78 is 6.61. The summed E-state index contributed by atoms with van der Waals surface area (Å²) in [6.07, 6.45) is 0.783. The van der Waals surface area contributed by atoms with Gasteiger partial charge in [0.05, 0.1) is 5.54 Å². The fraction of sp³-hybridized carbons (Fsp3) is 1.00. The zero-order valence-corrected chi connectivity index (χ0v) is 13.8. The minimum atomic E-state index is -0.883. The van der Waals surface area contributed by atoms with Gasteiger partial charge in [0, 0.05) is 47.7 Å². The lowest BCUT2D eigenvalue weighted by atomic mass is 9.79. The van der Waals surface area contributed by atoms with Gasteiger partial charge in [-0.2, -0.15) is 0 Å². The number of hydrogen-bond acceptors (Lipinski definition) is 6. The van der Waals surface area contributed by atoms with Crippen LogP contribution in [0.15, 0.2) is 0 Å². The van der Waals surface area contributed by atoms with Crippen LogP contribution in [0.5, 0.6) is 0 Å². The molecule has 20 heavy (non-hydrogen) atoms. The molecule has 0 aromatic heterocycles. The highest BCUT2D eigenvalue weighted by Crippen LogP contribution is 2.58. The Bertz CT molecular complexity index is 445. The first-order valence-corrected chi connectivity index (χ1v) is 7.31. The van der Waals surface area contributed by atoms with E-state index in [9.17, 15) is 5.11 Å². The molecule has 4 atom stereocenters. The van der Waals surface area contributed by atoms with Crippen molar-refractivity contribution in [1.82, 2.24) is 20.0 Å². The van der Waals surface area contributed by atoms with Gasteiger partial charge in [-0.1, -0.05) is 0 Å². The summed E-state index contributed by atoms with van der Waals surface area (Å²) in [6.45, 7) is 7.74. The van der Waals surface area contributed by atoms with Gasteiger partial charge in [-0.15, -0.1) is 0 Å². The standard InChI is InChI=1S/C14H28N4O2/c1-11-8-14(12(2,19)9-15(4)18(14)7)20-13(11,3)10-16(5)17(11)6/h19H,8-10H2,1-7H3. The average Bonchev–Trinajstić information content (AvgIpc) is 2.71. The normalized spacial score (nSPS) is 55.2. The largest absolute Gasteiger partial charge is 0.384 e. The molecular formula is C14H28N4O2. The van der Waals surface area contributed by atoms with E-state index >= 15 is 0 Å². The topological polar surface area (TPSA) is 42.4 Å². The monoisotopic (exact) mass is 284 g/mol. The third-order valence-corrected chi connectivity index (χ3v) is 6.29. The highest BCUT2D eigenvalue weighted by molar-refractivity contribution is 5.21. The Morgan fingerprint density at radius 2 is 1.45 bits per heavy atom. The van der Waals surface area contributed by atoms with Gasteiger partial charge in [0.15, 0.2) is 5.72 Å². The van der Waals surface area contributed by atoms with Crippen LogP contribution in [0.3, 0.4) is 0 Å². The number of likely N-dealkylation sites (N-methyl/N-ethyl adjacent to an activating group) is 4. The Balaban J connectivity index is 2.06. The molecule has 3 saturated heterocycles. The molecule has 4 unspecified atom stereocenters. The lowest BCUT2D eigenvalue weighted by Gasteiger charge is -2.42. The highest BCUT2D eigenvalue weighted by atomic mass is 16.6. The van der Waals surface area contributed by atoms with Crippen molar-refractivity contribution in [1.29, 1.82) is 0 Å². The molecule has 3 heterocycles. The minimum absolute atomic E-state index is 0.120. The molecule has 3 fully saturated rings. The van der Waals surface area contributed by atoms with Crippen LogP contribution in [0.1, 0.15) is 27.2 Å². The van der Waals surface area contributed by atoms with Crippen molar-refractivity contribution >= 4 is 0 Å². The predicted octanol–water partition coefficient (Wildman–Crippen LogP) is -0.0442. The molecule has 0 saturated carbocycles. The van der Waals surface area contributed by atoms with Crippen LogP contribution < -0.4 is 0 Å². The van der Waals surface area contributed by atoms with Crippen molar-refractivity contribution in [3.8, 4) is 0 Å². The quantitative estimate of drug-likeness (QED) is 0.673. The molecule has 1 spiro atoms. The fourth-order valence-electron chi connectivity index (χ4n) is 4.53. The van der Waals surface area contributed by atoms with Crippen LogP contribution in [0.4, 0.5) is 0 Å². The third kappa shape index (κ3) is 1.40. The number of fused-ring (bicyclic) bond motifs is 1. The van der Waals surface area contributed by atoms with Crippen molar-refractivity contribution in [2.24, 2.45) is 0 Å². The summed E-state index contributed by atoms with van der Waals surface area (Å²) >= 11 is 0. The van der Waals surface area contributed by atoms with Crippen molar-refractivity contribution < 1.29 is 9.84 Å². The molecule has 6 heteroatoms. The first-order chi connectivity index (χ1) is 8.99. The van der Waals surface area contributed by atoms with Crippen molar-refractivity contribution in [2.75, 3.05) is 41.3 Å². The first kappa shape index (κ1) is 14.7. The van der Waals surface area contributed by atoms with Crippen molar-refractivity contribution in [2.45, 2.75) is 49.7 Å². The van der Waals surface area contributed by atoms with E-state index in [0.717, 1.165) is 13.0 Å². The smallest absolute Gasteiger partial charge is 0.166 e. The maximum absolute atomic E-state index is 11.0. The Morgan fingerprint density at radius 3 is 1.90 bits per heavy atom. The molecule has 6 nitrogen and oxygen atoms in total. The average molecular weight is 284 g/mol. The van der Waals surface area contributed by atoms with Crippen LogP contribution in [0, 0.1) is 0 Å². The van der Waals surface area contributed by atoms with Crippen LogP contribution in [-0.2, 0) is 4.74 Å². The molecule has 0 radical (unpaired) electrons. The van der Waals surface area contributed by atoms with Gasteiger partial charge < -0.3 is 9.84 Å². The second kappa shape index (κ2) is 3.74. The third-order valence-electron chi connectivity index (χ3n) is 6.29. The van der Waals surface area contributed by atoms with Gasteiger partial charge in [0.1, 0.15) is 11.2 Å². The zero-order valence-electron chi connectivity index (χ0n) is 13.8. The van der Waals surface area contributed by atoms with Crippen molar-refractivity contribution in [3.05, 3.63) is 0 Å². The maximum Gasteiger partial charge on any atom is 0.166 e. The minimum Gasteiger partial charge on any atom is -0.384 e. The van der Waals surface area contributed by atoms with Crippen molar-refractivity contribution in [3.63, 3.8) is 0 Å². The van der Waals surface area contributed by atoms with Crippen LogP contribution in [0.2, 0.25) is 0 Å². The van der Waals surface area contributed by atoms with Gasteiger partial charge >= 0.3 is 0 Å². The Labute approximate surface area is 121 Å². The number of aliphatic hydroxyl groups is 1. The number of ether oxygens (including phenoxy) is 1. The zero-order chi connectivity index (χ0) is 15.1. The van der Waals surface area contributed by atoms with Crippen LogP contribution in [-0.4, -0.2) is 88.9 Å². The van der Waals surface area contributed by atoms with E-state index in [4.69, 9.17) is 4.74 Å². The molecular weight excluding hydrogens is 256 g/mol. The number of rotatable bonds is 0. The number of β-amino-alcohol motifs (C(OH)–C–C–N with tert-alkyl or cyclic N) is 1. The molecule has 0 amide bonds. The molecule has 0 aromatic carbocycles. The number of nitrogens with zero attached hydrogens (tertiary/aromatic N) is 4. The molecule has 3 aliphatic heterocycles. The second-order valence-corrected chi connectivity index (χ2v) is 7.52. The lowest BCUT2D eigenvalue weighted by Crippen LogP contribution is -2.59. The van der Waals surface area contributed by atoms with Gasteiger partial charge in [-0.05, 0) is 20.8 Å². The van der Waals surface area contributed by atoms with Crippen LogP contribution >= 0.6 is 0 Å². The molecule has 0 aromatic rings. The molecule has 3 aliphatic rings.